The molecule has 3 heteroatoms. The minimum atomic E-state index is 0.446. The summed E-state index contributed by atoms with van der Waals surface area (Å²) >= 11 is 6.72. The number of fused-ring (bicyclic) bond motifs is 1. The van der Waals surface area contributed by atoms with Crippen molar-refractivity contribution in [1.82, 2.24) is 0 Å². The molecule has 0 aliphatic heterocycles. The van der Waals surface area contributed by atoms with Gasteiger partial charge in [-0.15, -0.1) is 0 Å². The lowest BCUT2D eigenvalue weighted by Crippen LogP contribution is -2.34. The molecule has 0 heterocycles. The van der Waals surface area contributed by atoms with Crippen LogP contribution >= 0.6 is 24.0 Å². The summed E-state index contributed by atoms with van der Waals surface area (Å²) in [6.45, 7) is 0.726. The first-order valence-electron chi connectivity index (χ1n) is 7.68. The van der Waals surface area contributed by atoms with E-state index in [-0.39, 0.29) is 0 Å². The lowest BCUT2D eigenvalue weighted by Gasteiger charge is -2.45. The quantitative estimate of drug-likeness (QED) is 0.723. The predicted molar refractivity (Wildman–Crippen MR) is 96.7 cm³/mol. The second kappa shape index (κ2) is 5.71. The summed E-state index contributed by atoms with van der Waals surface area (Å²) in [6.07, 6.45) is 3.13. The number of thiocarbonyl (C=S) groups is 1. The Morgan fingerprint density at radius 3 is 2.14 bits per heavy atom. The van der Waals surface area contributed by atoms with Gasteiger partial charge in [0, 0.05) is 17.8 Å². The fourth-order valence-corrected chi connectivity index (χ4v) is 4.41. The summed E-state index contributed by atoms with van der Waals surface area (Å²) in [5.74, 6) is 1.47. The van der Waals surface area contributed by atoms with E-state index in [9.17, 15) is 0 Å². The number of thioether (sulfide) groups is 1. The van der Waals surface area contributed by atoms with Gasteiger partial charge < -0.3 is 4.74 Å². The lowest BCUT2D eigenvalue weighted by atomic mass is 9.59. The first kappa shape index (κ1) is 14.3. The Labute approximate surface area is 141 Å². The summed E-state index contributed by atoms with van der Waals surface area (Å²) in [4.78, 5) is 0. The SMILES string of the molecule is CSC(=S)OC[C@H]1CC2c3ccccc3C1c1ccccc12. The van der Waals surface area contributed by atoms with Crippen molar-refractivity contribution in [2.24, 2.45) is 5.92 Å². The Bertz CT molecular complexity index is 677. The number of rotatable bonds is 2. The van der Waals surface area contributed by atoms with Crippen LogP contribution in [0.3, 0.4) is 0 Å². The van der Waals surface area contributed by atoms with E-state index in [1.165, 1.54) is 34.0 Å². The molecule has 3 aliphatic rings. The average molecular weight is 326 g/mol. The van der Waals surface area contributed by atoms with Gasteiger partial charge in [-0.25, -0.2) is 0 Å². The molecule has 0 aromatic heterocycles. The zero-order chi connectivity index (χ0) is 15.1. The Kier molecular flexibility index (Phi) is 3.71. The maximum absolute atomic E-state index is 5.81. The van der Waals surface area contributed by atoms with Crippen molar-refractivity contribution >= 4 is 28.4 Å². The van der Waals surface area contributed by atoms with Crippen molar-refractivity contribution in [3.8, 4) is 0 Å². The number of hydrogen-bond acceptors (Lipinski definition) is 3. The Balaban J connectivity index is 1.74. The summed E-state index contributed by atoms with van der Waals surface area (Å²) in [5, 5.41) is 0. The molecule has 0 saturated heterocycles. The van der Waals surface area contributed by atoms with Crippen LogP contribution in [-0.2, 0) is 4.74 Å². The summed E-state index contributed by atoms with van der Waals surface area (Å²) in [7, 11) is 0. The molecule has 0 unspecified atom stereocenters. The number of ether oxygens (including phenoxy) is 1. The fraction of sp³-hybridized carbons (Fsp3) is 0.316. The van der Waals surface area contributed by atoms with Crippen LogP contribution in [0.5, 0.6) is 0 Å². The van der Waals surface area contributed by atoms with Crippen LogP contribution in [0.2, 0.25) is 0 Å². The summed E-state index contributed by atoms with van der Waals surface area (Å²) in [6, 6.07) is 17.8. The monoisotopic (exact) mass is 326 g/mol. The third-order valence-corrected chi connectivity index (χ3v) is 6.07. The van der Waals surface area contributed by atoms with Crippen LogP contribution in [-0.4, -0.2) is 17.2 Å². The van der Waals surface area contributed by atoms with Crippen molar-refractivity contribution in [1.29, 1.82) is 0 Å². The van der Waals surface area contributed by atoms with E-state index in [2.05, 4.69) is 48.5 Å². The van der Waals surface area contributed by atoms with Crippen molar-refractivity contribution in [3.05, 3.63) is 70.8 Å². The van der Waals surface area contributed by atoms with Gasteiger partial charge in [-0.2, -0.15) is 0 Å². The Morgan fingerprint density at radius 2 is 1.59 bits per heavy atom. The van der Waals surface area contributed by atoms with Crippen LogP contribution < -0.4 is 0 Å². The van der Waals surface area contributed by atoms with Gasteiger partial charge in [-0.1, -0.05) is 60.3 Å². The van der Waals surface area contributed by atoms with Crippen molar-refractivity contribution in [3.63, 3.8) is 0 Å². The molecule has 112 valence electrons. The second-order valence-corrected chi connectivity index (χ2v) is 7.46. The van der Waals surface area contributed by atoms with Crippen LogP contribution in [0.15, 0.2) is 48.5 Å². The van der Waals surface area contributed by atoms with Gasteiger partial charge >= 0.3 is 0 Å². The highest BCUT2D eigenvalue weighted by atomic mass is 32.2. The van der Waals surface area contributed by atoms with E-state index in [1.54, 1.807) is 0 Å². The highest BCUT2D eigenvalue weighted by molar-refractivity contribution is 8.22. The smallest absolute Gasteiger partial charge is 0.219 e. The average Bonchev–Trinajstić information content (AvgIpc) is 2.59. The molecule has 0 N–H and O–H groups in total. The van der Waals surface area contributed by atoms with E-state index in [1.807, 2.05) is 6.26 Å². The molecule has 1 nitrogen and oxygen atoms in total. The topological polar surface area (TPSA) is 9.23 Å². The van der Waals surface area contributed by atoms with Gasteiger partial charge in [-0.05, 0) is 47.1 Å². The molecule has 5 rings (SSSR count). The third-order valence-electron chi connectivity index (χ3n) is 5.00. The highest BCUT2D eigenvalue weighted by Crippen LogP contribution is 2.55. The van der Waals surface area contributed by atoms with Gasteiger partial charge in [0.1, 0.15) is 0 Å². The van der Waals surface area contributed by atoms with E-state index < -0.39 is 0 Å². The van der Waals surface area contributed by atoms with E-state index in [4.69, 9.17) is 17.0 Å². The molecule has 3 aliphatic carbocycles. The zero-order valence-corrected chi connectivity index (χ0v) is 14.1. The van der Waals surface area contributed by atoms with Crippen molar-refractivity contribution in [2.45, 2.75) is 18.3 Å². The van der Waals surface area contributed by atoms with Crippen LogP contribution in [0.25, 0.3) is 0 Å². The molecule has 0 amide bonds. The fourth-order valence-electron chi connectivity index (χ4n) is 4.16. The zero-order valence-electron chi connectivity index (χ0n) is 12.5. The van der Waals surface area contributed by atoms with E-state index in [0.717, 1.165) is 13.0 Å². The van der Waals surface area contributed by atoms with E-state index in [0.29, 0.717) is 22.1 Å². The largest absolute Gasteiger partial charge is 0.478 e. The first-order valence-corrected chi connectivity index (χ1v) is 9.31. The van der Waals surface area contributed by atoms with Crippen LogP contribution in [0, 0.1) is 5.92 Å². The van der Waals surface area contributed by atoms with Crippen molar-refractivity contribution in [2.75, 3.05) is 12.9 Å². The molecule has 0 fully saturated rings. The third kappa shape index (κ3) is 2.19. The minimum Gasteiger partial charge on any atom is -0.478 e. The molecule has 2 aromatic rings. The molecule has 1 atom stereocenters. The van der Waals surface area contributed by atoms with Gasteiger partial charge in [-0.3, -0.25) is 0 Å². The molecule has 2 bridgehead atoms. The minimum absolute atomic E-state index is 0.446. The molecule has 22 heavy (non-hydrogen) atoms. The van der Waals surface area contributed by atoms with Gasteiger partial charge in [0.15, 0.2) is 0 Å². The number of benzene rings is 2. The second-order valence-electron chi connectivity index (χ2n) is 6.05. The number of hydrogen-bond donors (Lipinski definition) is 0. The molecule has 0 radical (unpaired) electrons. The van der Waals surface area contributed by atoms with E-state index >= 15 is 0 Å². The maximum Gasteiger partial charge on any atom is 0.219 e. The lowest BCUT2D eigenvalue weighted by molar-refractivity contribution is 0.204. The Morgan fingerprint density at radius 1 is 1.05 bits per heavy atom. The van der Waals surface area contributed by atoms with Gasteiger partial charge in [0.25, 0.3) is 0 Å². The van der Waals surface area contributed by atoms with Gasteiger partial charge in [0.2, 0.25) is 4.38 Å². The highest BCUT2D eigenvalue weighted by Gasteiger charge is 2.43. The molecular weight excluding hydrogens is 308 g/mol. The van der Waals surface area contributed by atoms with Crippen molar-refractivity contribution < 1.29 is 4.74 Å². The molecule has 2 aromatic carbocycles. The first-order chi connectivity index (χ1) is 10.8. The molecular formula is C19H18OS2. The van der Waals surface area contributed by atoms with Gasteiger partial charge in [0.05, 0.1) is 6.61 Å². The normalized spacial score (nSPS) is 24.5. The summed E-state index contributed by atoms with van der Waals surface area (Å²) < 4.78 is 6.46. The standard InChI is InChI=1S/C19H18OS2/c1-22-19(21)20-11-12-10-17-13-6-2-4-8-15(13)18(12)16-9-5-3-7-14(16)17/h2-9,12,17-18H,10-11H2,1H3/t12-,17?,18?/m1/s1. The predicted octanol–water partition coefficient (Wildman–Crippen LogP) is 4.95. The van der Waals surface area contributed by atoms with Crippen LogP contribution in [0.1, 0.15) is 40.5 Å². The summed E-state index contributed by atoms with van der Waals surface area (Å²) in [5.41, 5.74) is 5.99. The molecule has 0 saturated carbocycles. The maximum atomic E-state index is 5.81. The van der Waals surface area contributed by atoms with Crippen LogP contribution in [0.4, 0.5) is 0 Å². The Hall–Kier alpha value is -1.32. The molecule has 0 spiro atoms.